The van der Waals surface area contributed by atoms with Gasteiger partial charge in [0.1, 0.15) is 17.4 Å². The number of alkyl halides is 3. The van der Waals surface area contributed by atoms with Gasteiger partial charge in [-0.25, -0.2) is 0 Å². The number of aryl methyl sites for hydroxylation is 1. The molecule has 0 bridgehead atoms. The fourth-order valence-corrected chi connectivity index (χ4v) is 5.15. The molecule has 4 rings (SSSR count). The lowest BCUT2D eigenvalue weighted by atomic mass is 9.82. The first-order valence-corrected chi connectivity index (χ1v) is 11.4. The molecule has 9 heteroatoms. The van der Waals surface area contributed by atoms with Gasteiger partial charge in [-0.3, -0.25) is 4.79 Å². The Hall–Kier alpha value is -2.73. The molecule has 0 aromatic heterocycles. The molecule has 1 saturated heterocycles. The van der Waals surface area contributed by atoms with Crippen LogP contribution in [0.3, 0.4) is 0 Å². The van der Waals surface area contributed by atoms with Gasteiger partial charge >= 0.3 is 6.18 Å². The van der Waals surface area contributed by atoms with Crippen molar-refractivity contribution < 1.29 is 27.4 Å². The van der Waals surface area contributed by atoms with Gasteiger partial charge in [0, 0.05) is 38.2 Å². The van der Waals surface area contributed by atoms with Crippen LogP contribution in [0, 0.1) is 11.3 Å². The highest BCUT2D eigenvalue weighted by atomic mass is 19.4. The molecule has 2 heterocycles. The Balaban J connectivity index is 1.51. The van der Waals surface area contributed by atoms with E-state index in [4.69, 9.17) is 9.47 Å². The van der Waals surface area contributed by atoms with Gasteiger partial charge in [0.25, 0.3) is 5.91 Å². The lowest BCUT2D eigenvalue weighted by Crippen LogP contribution is -2.50. The molecule has 6 nitrogen and oxygen atoms in total. The van der Waals surface area contributed by atoms with Crippen LogP contribution >= 0.6 is 0 Å². The minimum Gasteiger partial charge on any atom is -0.494 e. The van der Waals surface area contributed by atoms with E-state index in [9.17, 15) is 23.2 Å². The van der Waals surface area contributed by atoms with Gasteiger partial charge in [-0.15, -0.1) is 0 Å². The molecule has 2 aliphatic heterocycles. The minimum absolute atomic E-state index is 0.00541. The summed E-state index contributed by atoms with van der Waals surface area (Å²) in [6.07, 6.45) is -2.26. The highest BCUT2D eigenvalue weighted by molar-refractivity contribution is 5.99. The van der Waals surface area contributed by atoms with E-state index in [0.717, 1.165) is 29.8 Å². The van der Waals surface area contributed by atoms with E-state index in [-0.39, 0.29) is 30.6 Å². The average molecular weight is 464 g/mol. The lowest BCUT2D eigenvalue weighted by Gasteiger charge is -2.39. The summed E-state index contributed by atoms with van der Waals surface area (Å²) in [5.74, 6) is 0.168. The van der Waals surface area contributed by atoms with Crippen LogP contribution in [-0.2, 0) is 21.5 Å². The predicted octanol–water partition coefficient (Wildman–Crippen LogP) is 3.96. The maximum absolute atomic E-state index is 12.9. The maximum Gasteiger partial charge on any atom is 0.389 e. The van der Waals surface area contributed by atoms with Gasteiger partial charge in [0.05, 0.1) is 18.2 Å². The number of carbonyl (C=O) groups is 1. The van der Waals surface area contributed by atoms with Crippen LogP contribution < -0.4 is 10.1 Å². The topological polar surface area (TPSA) is 74.6 Å². The van der Waals surface area contributed by atoms with Gasteiger partial charge in [0.2, 0.25) is 0 Å². The Labute approximate surface area is 191 Å². The molecular weight excluding hydrogens is 435 g/mol. The minimum atomic E-state index is -4.18. The van der Waals surface area contributed by atoms with E-state index >= 15 is 0 Å². The van der Waals surface area contributed by atoms with Crippen LogP contribution in [0.15, 0.2) is 29.5 Å². The number of benzene rings is 1. The molecule has 33 heavy (non-hydrogen) atoms. The molecule has 1 amide bonds. The van der Waals surface area contributed by atoms with Gasteiger partial charge in [-0.2, -0.15) is 18.4 Å². The molecule has 1 aromatic rings. The van der Waals surface area contributed by atoms with E-state index in [1.54, 1.807) is 6.07 Å². The third kappa shape index (κ3) is 4.96. The molecule has 178 valence electrons. The highest BCUT2D eigenvalue weighted by Crippen LogP contribution is 2.46. The number of fused-ring (bicyclic) bond motifs is 2. The molecule has 1 spiro atoms. The Morgan fingerprint density at radius 3 is 2.91 bits per heavy atom. The van der Waals surface area contributed by atoms with Crippen molar-refractivity contribution in [2.24, 2.45) is 0 Å². The number of halogens is 3. The van der Waals surface area contributed by atoms with E-state index in [2.05, 4.69) is 16.3 Å². The van der Waals surface area contributed by atoms with Gasteiger partial charge in [0.15, 0.2) is 0 Å². The second-order valence-electron chi connectivity index (χ2n) is 8.84. The number of hydrogen-bond acceptors (Lipinski definition) is 5. The summed E-state index contributed by atoms with van der Waals surface area (Å²) in [6.45, 7) is 3.98. The van der Waals surface area contributed by atoms with Crippen molar-refractivity contribution in [3.8, 4) is 11.8 Å². The average Bonchev–Trinajstić information content (AvgIpc) is 3.36. The van der Waals surface area contributed by atoms with Crippen molar-refractivity contribution in [3.05, 3.63) is 40.6 Å². The number of carbonyl (C=O) groups excluding carboxylic acids is 1. The number of nitrogens with zero attached hydrogens (tertiary/aromatic N) is 2. The summed E-state index contributed by atoms with van der Waals surface area (Å²) in [6, 6.07) is 7.58. The quantitative estimate of drug-likeness (QED) is 0.620. The van der Waals surface area contributed by atoms with Crippen molar-refractivity contribution in [3.63, 3.8) is 0 Å². The summed E-state index contributed by atoms with van der Waals surface area (Å²) >= 11 is 0. The number of ether oxygens (including phenoxy) is 2. The molecule has 0 saturated carbocycles. The molecule has 1 unspecified atom stereocenters. The summed E-state index contributed by atoms with van der Waals surface area (Å²) < 4.78 is 48.3. The Morgan fingerprint density at radius 2 is 2.18 bits per heavy atom. The van der Waals surface area contributed by atoms with Gasteiger partial charge < -0.3 is 19.7 Å². The number of hydrogen-bond donors (Lipinski definition) is 1. The largest absolute Gasteiger partial charge is 0.494 e. The standard InChI is InChI=1S/C24H28F3N3O3/c1-2-32-18-7-10-30(15-18)21-13-23(29-22(31)19(21)14-28)9-6-16-12-17(4-5-20(16)23)33-11-3-8-24(25,26)27/h4-5,12,18H,2-3,6-11,13,15H2,1H3,(H,29,31)/t18?,23-/m0/s1. The van der Waals surface area contributed by atoms with Crippen LogP contribution in [0.25, 0.3) is 0 Å². The Bertz CT molecular complexity index is 985. The van der Waals surface area contributed by atoms with Crippen molar-refractivity contribution in [1.82, 2.24) is 10.2 Å². The van der Waals surface area contributed by atoms with E-state index in [1.807, 2.05) is 19.1 Å². The second-order valence-corrected chi connectivity index (χ2v) is 8.84. The Kier molecular flexibility index (Phi) is 6.57. The third-order valence-corrected chi connectivity index (χ3v) is 6.67. The Morgan fingerprint density at radius 1 is 1.36 bits per heavy atom. The molecule has 0 radical (unpaired) electrons. The summed E-state index contributed by atoms with van der Waals surface area (Å²) in [7, 11) is 0. The molecule has 3 aliphatic rings. The van der Waals surface area contributed by atoms with Crippen LogP contribution in [0.1, 0.15) is 50.2 Å². The zero-order valence-electron chi connectivity index (χ0n) is 18.6. The van der Waals surface area contributed by atoms with Crippen molar-refractivity contribution in [2.45, 2.75) is 63.3 Å². The number of rotatable bonds is 7. The SMILES string of the molecule is CCOC1CCN(C2=C(C#N)C(=O)N[C@@]3(CCc4cc(OCCCC(F)(F)F)ccc43)C2)C1. The lowest BCUT2D eigenvalue weighted by molar-refractivity contribution is -0.136. The fourth-order valence-electron chi connectivity index (χ4n) is 5.15. The normalized spacial score (nSPS) is 24.8. The second kappa shape index (κ2) is 9.26. The monoisotopic (exact) mass is 463 g/mol. The molecule has 1 aromatic carbocycles. The number of likely N-dealkylation sites (tertiary alicyclic amines) is 1. The van der Waals surface area contributed by atoms with Crippen LogP contribution in [-0.4, -0.2) is 49.4 Å². The molecular formula is C24H28F3N3O3. The van der Waals surface area contributed by atoms with E-state index in [0.29, 0.717) is 38.2 Å². The van der Waals surface area contributed by atoms with Gasteiger partial charge in [-0.05, 0) is 55.9 Å². The van der Waals surface area contributed by atoms with E-state index in [1.165, 1.54) is 0 Å². The number of amides is 1. The van der Waals surface area contributed by atoms with Crippen molar-refractivity contribution >= 4 is 5.91 Å². The van der Waals surface area contributed by atoms with Crippen molar-refractivity contribution in [1.29, 1.82) is 5.26 Å². The van der Waals surface area contributed by atoms with E-state index < -0.39 is 18.1 Å². The first kappa shape index (κ1) is 23.4. The number of nitriles is 1. The maximum atomic E-state index is 12.9. The van der Waals surface area contributed by atoms with Crippen LogP contribution in [0.5, 0.6) is 5.75 Å². The fraction of sp³-hybridized carbons (Fsp3) is 0.583. The predicted molar refractivity (Wildman–Crippen MR) is 114 cm³/mol. The molecule has 1 N–H and O–H groups in total. The highest BCUT2D eigenvalue weighted by Gasteiger charge is 2.46. The summed E-state index contributed by atoms with van der Waals surface area (Å²) in [5, 5.41) is 12.7. The smallest absolute Gasteiger partial charge is 0.389 e. The first-order chi connectivity index (χ1) is 15.7. The summed E-state index contributed by atoms with van der Waals surface area (Å²) in [4.78, 5) is 15.0. The van der Waals surface area contributed by atoms with Crippen LogP contribution in [0.2, 0.25) is 0 Å². The zero-order valence-corrected chi connectivity index (χ0v) is 18.6. The summed E-state index contributed by atoms with van der Waals surface area (Å²) in [5.41, 5.74) is 2.32. The first-order valence-electron chi connectivity index (χ1n) is 11.4. The van der Waals surface area contributed by atoms with Crippen molar-refractivity contribution in [2.75, 3.05) is 26.3 Å². The molecule has 1 fully saturated rings. The molecule has 1 aliphatic carbocycles. The third-order valence-electron chi connectivity index (χ3n) is 6.67. The van der Waals surface area contributed by atoms with Gasteiger partial charge in [-0.1, -0.05) is 6.07 Å². The zero-order chi connectivity index (χ0) is 23.6. The van der Waals surface area contributed by atoms with Crippen LogP contribution in [0.4, 0.5) is 13.2 Å². The number of nitrogens with one attached hydrogen (secondary N) is 1. The molecule has 2 atom stereocenters.